The van der Waals surface area contributed by atoms with Gasteiger partial charge >= 0.3 is 0 Å². The van der Waals surface area contributed by atoms with Gasteiger partial charge in [0.25, 0.3) is 5.91 Å². The Morgan fingerprint density at radius 3 is 2.37 bits per heavy atom. The van der Waals surface area contributed by atoms with Gasteiger partial charge in [0.2, 0.25) is 0 Å². The molecule has 0 unspecified atom stereocenters. The molecule has 0 aromatic heterocycles. The summed E-state index contributed by atoms with van der Waals surface area (Å²) in [6.45, 7) is 0.486. The number of nitrogens with one attached hydrogen (secondary N) is 2. The van der Waals surface area contributed by atoms with Gasteiger partial charge in [0.05, 0.1) is 21.6 Å². The molecular formula is C22H19BrCl2N2O3. The number of rotatable bonds is 8. The molecule has 0 fully saturated rings. The molecule has 0 aliphatic rings. The molecule has 8 heteroatoms. The molecule has 0 saturated heterocycles. The van der Waals surface area contributed by atoms with Crippen molar-refractivity contribution < 1.29 is 14.3 Å². The molecule has 0 spiro atoms. The number of hydrogen-bond acceptors (Lipinski definition) is 4. The van der Waals surface area contributed by atoms with E-state index in [1.165, 1.54) is 0 Å². The molecule has 2 N–H and O–H groups in total. The van der Waals surface area contributed by atoms with Crippen LogP contribution < -0.4 is 20.1 Å². The van der Waals surface area contributed by atoms with Gasteiger partial charge in [0, 0.05) is 17.9 Å². The van der Waals surface area contributed by atoms with Crippen molar-refractivity contribution in [1.82, 2.24) is 0 Å². The van der Waals surface area contributed by atoms with Crippen molar-refractivity contribution in [3.8, 4) is 11.5 Å². The first-order chi connectivity index (χ1) is 14.4. The van der Waals surface area contributed by atoms with Crippen molar-refractivity contribution in [2.45, 2.75) is 6.54 Å². The third-order valence-corrected chi connectivity index (χ3v) is 5.50. The number of halogens is 3. The van der Waals surface area contributed by atoms with E-state index in [2.05, 4.69) is 26.6 Å². The summed E-state index contributed by atoms with van der Waals surface area (Å²) < 4.78 is 11.5. The van der Waals surface area contributed by atoms with Gasteiger partial charge in [0.15, 0.2) is 6.61 Å². The first-order valence-electron chi connectivity index (χ1n) is 8.98. The summed E-state index contributed by atoms with van der Waals surface area (Å²) in [6.07, 6.45) is 0. The molecule has 1 amide bonds. The fourth-order valence-corrected chi connectivity index (χ4v) is 3.44. The third-order valence-electron chi connectivity index (χ3n) is 4.15. The van der Waals surface area contributed by atoms with E-state index in [0.717, 1.165) is 21.5 Å². The second-order valence-corrected chi connectivity index (χ2v) is 7.98. The molecule has 30 heavy (non-hydrogen) atoms. The maximum absolute atomic E-state index is 12.1. The van der Waals surface area contributed by atoms with Crippen molar-refractivity contribution >= 4 is 56.4 Å². The van der Waals surface area contributed by atoms with Gasteiger partial charge in [0.1, 0.15) is 11.5 Å². The van der Waals surface area contributed by atoms with Crippen LogP contribution in [0, 0.1) is 0 Å². The second kappa shape index (κ2) is 10.6. The number of carbonyl (C=O) groups is 1. The van der Waals surface area contributed by atoms with E-state index < -0.39 is 0 Å². The number of amides is 1. The van der Waals surface area contributed by atoms with Gasteiger partial charge in [-0.15, -0.1) is 0 Å². The van der Waals surface area contributed by atoms with E-state index in [4.69, 9.17) is 32.7 Å². The van der Waals surface area contributed by atoms with Crippen molar-refractivity contribution in [3.05, 3.63) is 80.7 Å². The zero-order valence-corrected chi connectivity index (χ0v) is 19.1. The lowest BCUT2D eigenvalue weighted by Gasteiger charge is -2.12. The van der Waals surface area contributed by atoms with Crippen molar-refractivity contribution in [2.75, 3.05) is 24.4 Å². The van der Waals surface area contributed by atoms with Crippen LogP contribution in [0.15, 0.2) is 65.1 Å². The third kappa shape index (κ3) is 6.29. The summed E-state index contributed by atoms with van der Waals surface area (Å²) in [5.74, 6) is 1.05. The summed E-state index contributed by atoms with van der Waals surface area (Å²) in [4.78, 5) is 12.1. The average molecular weight is 510 g/mol. The lowest BCUT2D eigenvalue weighted by Crippen LogP contribution is -2.20. The number of ether oxygens (including phenoxy) is 2. The normalized spacial score (nSPS) is 10.4. The zero-order chi connectivity index (χ0) is 21.5. The second-order valence-electron chi connectivity index (χ2n) is 6.31. The van der Waals surface area contributed by atoms with E-state index in [-0.39, 0.29) is 12.5 Å². The highest BCUT2D eigenvalue weighted by atomic mass is 79.9. The van der Waals surface area contributed by atoms with Crippen LogP contribution in [-0.4, -0.2) is 19.6 Å². The van der Waals surface area contributed by atoms with E-state index in [1.54, 1.807) is 43.5 Å². The van der Waals surface area contributed by atoms with E-state index in [1.807, 2.05) is 24.3 Å². The summed E-state index contributed by atoms with van der Waals surface area (Å²) in [6, 6.07) is 18.1. The Labute approximate surface area is 193 Å². The lowest BCUT2D eigenvalue weighted by atomic mass is 10.2. The highest BCUT2D eigenvalue weighted by Gasteiger charge is 2.08. The van der Waals surface area contributed by atoms with E-state index in [0.29, 0.717) is 28.0 Å². The van der Waals surface area contributed by atoms with Crippen LogP contribution in [0.4, 0.5) is 11.4 Å². The van der Waals surface area contributed by atoms with Gasteiger partial charge in [-0.25, -0.2) is 0 Å². The fraction of sp³-hybridized carbons (Fsp3) is 0.136. The van der Waals surface area contributed by atoms with Gasteiger partial charge in [-0.2, -0.15) is 0 Å². The van der Waals surface area contributed by atoms with Gasteiger partial charge in [-0.05, 0) is 76.1 Å². The molecule has 0 saturated carbocycles. The number of hydrogen-bond donors (Lipinski definition) is 2. The zero-order valence-electron chi connectivity index (χ0n) is 16.0. The first kappa shape index (κ1) is 22.3. The monoisotopic (exact) mass is 508 g/mol. The van der Waals surface area contributed by atoms with Gasteiger partial charge in [-0.3, -0.25) is 4.79 Å². The van der Waals surface area contributed by atoms with Gasteiger partial charge < -0.3 is 20.1 Å². The Balaban J connectivity index is 1.51. The minimum atomic E-state index is -0.252. The van der Waals surface area contributed by atoms with Crippen molar-refractivity contribution in [3.63, 3.8) is 0 Å². The Kier molecular flexibility index (Phi) is 7.85. The minimum Gasteiger partial charge on any atom is -0.497 e. The summed E-state index contributed by atoms with van der Waals surface area (Å²) in [7, 11) is 1.59. The van der Waals surface area contributed by atoms with E-state index >= 15 is 0 Å². The molecule has 156 valence electrons. The van der Waals surface area contributed by atoms with Gasteiger partial charge in [-0.1, -0.05) is 29.3 Å². The van der Waals surface area contributed by atoms with Crippen molar-refractivity contribution in [2.24, 2.45) is 0 Å². The average Bonchev–Trinajstić information content (AvgIpc) is 2.74. The van der Waals surface area contributed by atoms with Crippen LogP contribution in [0.25, 0.3) is 0 Å². The maximum Gasteiger partial charge on any atom is 0.262 e. The highest BCUT2D eigenvalue weighted by Crippen LogP contribution is 2.28. The molecule has 5 nitrogen and oxygen atoms in total. The summed E-state index contributed by atoms with van der Waals surface area (Å²) in [5.41, 5.74) is 2.58. The summed E-state index contributed by atoms with van der Waals surface area (Å²) in [5, 5.41) is 7.08. The molecule has 3 rings (SSSR count). The number of carbonyl (C=O) groups excluding carboxylic acids is 1. The lowest BCUT2D eigenvalue weighted by molar-refractivity contribution is -0.118. The van der Waals surface area contributed by atoms with Crippen LogP contribution in [0.5, 0.6) is 11.5 Å². The SMILES string of the molecule is COc1ccc(NC(=O)COc2ccc(CNc3ccc(Cl)c(Cl)c3)cc2Br)cc1. The predicted molar refractivity (Wildman–Crippen MR) is 125 cm³/mol. The molecule has 0 radical (unpaired) electrons. The number of anilines is 2. The van der Waals surface area contributed by atoms with Crippen LogP contribution in [0.3, 0.4) is 0 Å². The first-order valence-corrected chi connectivity index (χ1v) is 10.5. The Morgan fingerprint density at radius 2 is 1.70 bits per heavy atom. The molecule has 3 aromatic rings. The smallest absolute Gasteiger partial charge is 0.262 e. The van der Waals surface area contributed by atoms with Crippen LogP contribution >= 0.6 is 39.1 Å². The van der Waals surface area contributed by atoms with Crippen LogP contribution in [0.1, 0.15) is 5.56 Å². The Hall–Kier alpha value is -2.41. The standard InChI is InChI=1S/C22H19BrCl2N2O3/c1-29-17-6-3-15(4-7-17)27-22(28)13-30-21-9-2-14(10-18(21)23)12-26-16-5-8-19(24)20(25)11-16/h2-11,26H,12-13H2,1H3,(H,27,28). The van der Waals surface area contributed by atoms with Crippen molar-refractivity contribution in [1.29, 1.82) is 0 Å². The molecule has 0 atom stereocenters. The number of benzene rings is 3. The molecule has 0 aliphatic carbocycles. The minimum absolute atomic E-state index is 0.106. The Bertz CT molecular complexity index is 1030. The van der Waals surface area contributed by atoms with Crippen LogP contribution in [-0.2, 0) is 11.3 Å². The fourth-order valence-electron chi connectivity index (χ4n) is 2.60. The molecule has 3 aromatic carbocycles. The molecule has 0 heterocycles. The summed E-state index contributed by atoms with van der Waals surface area (Å²) >= 11 is 15.5. The van der Waals surface area contributed by atoms with Crippen LogP contribution in [0.2, 0.25) is 10.0 Å². The topological polar surface area (TPSA) is 59.6 Å². The number of methoxy groups -OCH3 is 1. The largest absolute Gasteiger partial charge is 0.497 e. The Morgan fingerprint density at radius 1 is 0.967 bits per heavy atom. The molecule has 0 bridgehead atoms. The molecular weight excluding hydrogens is 491 g/mol. The highest BCUT2D eigenvalue weighted by molar-refractivity contribution is 9.10. The maximum atomic E-state index is 12.1. The quantitative estimate of drug-likeness (QED) is 0.369. The molecule has 0 aliphatic heterocycles. The predicted octanol–water partition coefficient (Wildman–Crippen LogP) is 6.39. The van der Waals surface area contributed by atoms with E-state index in [9.17, 15) is 4.79 Å².